The number of hydrogen-bond donors (Lipinski definition) is 0. The van der Waals surface area contributed by atoms with Crippen LogP contribution < -0.4 is 4.74 Å². The third-order valence-corrected chi connectivity index (χ3v) is 3.22. The molecule has 0 aromatic heterocycles. The highest BCUT2D eigenvalue weighted by atomic mass is 19.1. The van der Waals surface area contributed by atoms with Gasteiger partial charge in [-0.25, -0.2) is 4.39 Å². The molecule has 20 heavy (non-hydrogen) atoms. The highest BCUT2D eigenvalue weighted by molar-refractivity contribution is 5.77. The molecule has 0 unspecified atom stereocenters. The topological polar surface area (TPSA) is 26.3 Å². The lowest BCUT2D eigenvalue weighted by atomic mass is 10.0. The summed E-state index contributed by atoms with van der Waals surface area (Å²) in [6.07, 6.45) is 5.96. The number of Topliss-reactive ketones (excluding diaryl/α,β-unsaturated/α-hetero) is 1. The number of rotatable bonds is 10. The molecule has 0 aliphatic carbocycles. The molecule has 112 valence electrons. The third-order valence-electron chi connectivity index (χ3n) is 3.22. The van der Waals surface area contributed by atoms with Crippen LogP contribution in [0.3, 0.4) is 0 Å². The van der Waals surface area contributed by atoms with Gasteiger partial charge in [0.15, 0.2) is 0 Å². The van der Waals surface area contributed by atoms with E-state index in [4.69, 9.17) is 4.74 Å². The van der Waals surface area contributed by atoms with Gasteiger partial charge in [0.2, 0.25) is 0 Å². The first-order valence-corrected chi connectivity index (χ1v) is 7.59. The Morgan fingerprint density at radius 1 is 1.15 bits per heavy atom. The molecule has 3 heteroatoms. The number of unbranched alkanes of at least 4 members (excludes halogenated alkanes) is 2. The first-order chi connectivity index (χ1) is 9.65. The molecule has 0 bridgehead atoms. The number of carbonyl (C=O) groups is 1. The van der Waals surface area contributed by atoms with Crippen molar-refractivity contribution in [2.75, 3.05) is 6.61 Å². The highest BCUT2D eigenvalue weighted by Gasteiger charge is 2.03. The van der Waals surface area contributed by atoms with Crippen LogP contribution in [0.4, 0.5) is 4.39 Å². The second-order valence-electron chi connectivity index (χ2n) is 5.10. The summed E-state index contributed by atoms with van der Waals surface area (Å²) in [5.74, 6) is 0.698. The number of benzene rings is 1. The smallest absolute Gasteiger partial charge is 0.132 e. The van der Waals surface area contributed by atoms with Gasteiger partial charge in [-0.2, -0.15) is 0 Å². The molecule has 0 saturated heterocycles. The number of ether oxygens (including phenoxy) is 1. The molecule has 2 nitrogen and oxygen atoms in total. The number of aryl methyl sites for hydroxylation is 1. The Bertz CT molecular complexity index is 415. The van der Waals surface area contributed by atoms with Crippen LogP contribution in [0.1, 0.15) is 57.9 Å². The van der Waals surface area contributed by atoms with Gasteiger partial charge in [0, 0.05) is 18.9 Å². The summed E-state index contributed by atoms with van der Waals surface area (Å²) < 4.78 is 18.9. The van der Waals surface area contributed by atoms with Gasteiger partial charge in [0.1, 0.15) is 17.3 Å². The average Bonchev–Trinajstić information content (AvgIpc) is 2.44. The largest absolute Gasteiger partial charge is 0.493 e. The van der Waals surface area contributed by atoms with E-state index in [0.717, 1.165) is 37.7 Å². The summed E-state index contributed by atoms with van der Waals surface area (Å²) in [6.45, 7) is 4.53. The molecule has 0 aliphatic heterocycles. The van der Waals surface area contributed by atoms with E-state index in [1.54, 1.807) is 6.07 Å². The van der Waals surface area contributed by atoms with Crippen molar-refractivity contribution in [2.45, 2.75) is 58.8 Å². The van der Waals surface area contributed by atoms with Gasteiger partial charge < -0.3 is 4.74 Å². The van der Waals surface area contributed by atoms with Gasteiger partial charge in [-0.1, -0.05) is 20.3 Å². The Hall–Kier alpha value is -1.38. The maximum atomic E-state index is 13.5. The lowest BCUT2D eigenvalue weighted by Crippen LogP contribution is -1.97. The van der Waals surface area contributed by atoms with Crippen molar-refractivity contribution < 1.29 is 13.9 Å². The lowest BCUT2D eigenvalue weighted by Gasteiger charge is -2.08. The van der Waals surface area contributed by atoms with Crippen molar-refractivity contribution in [1.82, 2.24) is 0 Å². The second kappa shape index (κ2) is 9.51. The number of carbonyl (C=O) groups excluding carboxylic acids is 1. The molecule has 0 heterocycles. The quantitative estimate of drug-likeness (QED) is 0.581. The molecule has 0 atom stereocenters. The van der Waals surface area contributed by atoms with E-state index in [2.05, 4.69) is 0 Å². The van der Waals surface area contributed by atoms with Crippen molar-refractivity contribution in [2.24, 2.45) is 0 Å². The summed E-state index contributed by atoms with van der Waals surface area (Å²) in [4.78, 5) is 11.2. The molecule has 0 saturated carbocycles. The van der Waals surface area contributed by atoms with E-state index >= 15 is 0 Å². The van der Waals surface area contributed by atoms with E-state index in [1.165, 1.54) is 6.07 Å². The van der Waals surface area contributed by atoms with Gasteiger partial charge in [0.25, 0.3) is 0 Å². The second-order valence-corrected chi connectivity index (χ2v) is 5.10. The van der Waals surface area contributed by atoms with Gasteiger partial charge in [-0.15, -0.1) is 0 Å². The van der Waals surface area contributed by atoms with Crippen LogP contribution in [0.2, 0.25) is 0 Å². The molecule has 1 rings (SSSR count). The van der Waals surface area contributed by atoms with Crippen LogP contribution in [0.25, 0.3) is 0 Å². The average molecular weight is 280 g/mol. The van der Waals surface area contributed by atoms with Crippen molar-refractivity contribution in [1.29, 1.82) is 0 Å². The predicted molar refractivity (Wildman–Crippen MR) is 79.7 cm³/mol. The molecule has 0 amide bonds. The van der Waals surface area contributed by atoms with Crippen LogP contribution >= 0.6 is 0 Å². The molecular formula is C17H25FO2. The summed E-state index contributed by atoms with van der Waals surface area (Å²) in [5, 5.41) is 0. The van der Waals surface area contributed by atoms with Gasteiger partial charge in [0.05, 0.1) is 6.61 Å². The Morgan fingerprint density at radius 3 is 2.65 bits per heavy atom. The first-order valence-electron chi connectivity index (χ1n) is 7.59. The molecule has 0 radical (unpaired) electrons. The number of ketones is 1. The predicted octanol–water partition coefficient (Wildman–Crippen LogP) is 4.70. The molecule has 1 aromatic rings. The van der Waals surface area contributed by atoms with E-state index in [-0.39, 0.29) is 5.82 Å². The van der Waals surface area contributed by atoms with Crippen molar-refractivity contribution in [3.63, 3.8) is 0 Å². The van der Waals surface area contributed by atoms with Gasteiger partial charge in [-0.3, -0.25) is 4.79 Å². The summed E-state index contributed by atoms with van der Waals surface area (Å²) in [5.41, 5.74) is 0.970. The van der Waals surface area contributed by atoms with Crippen LogP contribution in [0.15, 0.2) is 18.2 Å². The zero-order chi connectivity index (χ0) is 14.8. The van der Waals surface area contributed by atoms with E-state index < -0.39 is 0 Å². The van der Waals surface area contributed by atoms with Crippen LogP contribution in [-0.4, -0.2) is 12.4 Å². The fraction of sp³-hybridized carbons (Fsp3) is 0.588. The Labute approximate surface area is 121 Å². The maximum Gasteiger partial charge on any atom is 0.132 e. The third kappa shape index (κ3) is 6.69. The van der Waals surface area contributed by atoms with Crippen molar-refractivity contribution in [3.05, 3.63) is 29.6 Å². The minimum Gasteiger partial charge on any atom is -0.493 e. The van der Waals surface area contributed by atoms with Crippen molar-refractivity contribution in [3.8, 4) is 5.75 Å². The van der Waals surface area contributed by atoms with Gasteiger partial charge >= 0.3 is 0 Å². The lowest BCUT2D eigenvalue weighted by molar-refractivity contribution is -0.118. The molecular weight excluding hydrogens is 255 g/mol. The highest BCUT2D eigenvalue weighted by Crippen LogP contribution is 2.19. The van der Waals surface area contributed by atoms with Gasteiger partial charge in [-0.05, 0) is 43.4 Å². The summed E-state index contributed by atoms with van der Waals surface area (Å²) >= 11 is 0. The Kier molecular flexibility index (Phi) is 7.93. The Morgan fingerprint density at radius 2 is 1.95 bits per heavy atom. The molecule has 0 fully saturated rings. The van der Waals surface area contributed by atoms with Crippen molar-refractivity contribution >= 4 is 5.78 Å². The fourth-order valence-electron chi connectivity index (χ4n) is 2.07. The normalized spacial score (nSPS) is 10.6. The number of hydrogen-bond acceptors (Lipinski definition) is 2. The monoisotopic (exact) mass is 280 g/mol. The minimum absolute atomic E-state index is 0.241. The fourth-order valence-corrected chi connectivity index (χ4v) is 2.07. The molecule has 1 aromatic carbocycles. The molecule has 0 spiro atoms. The molecule has 0 aliphatic rings. The van der Waals surface area contributed by atoms with E-state index in [1.807, 2.05) is 19.9 Å². The minimum atomic E-state index is -0.241. The summed E-state index contributed by atoms with van der Waals surface area (Å²) in [7, 11) is 0. The molecule has 0 N–H and O–H groups in total. The van der Waals surface area contributed by atoms with Crippen LogP contribution in [0, 0.1) is 5.82 Å². The standard InChI is InChI=1S/C17H25FO2/c1-3-10-20-17-12-14(11-15(18)13-17)8-6-5-7-9-16(19)4-2/h11-13H,3-10H2,1-2H3. The maximum absolute atomic E-state index is 13.5. The zero-order valence-electron chi connectivity index (χ0n) is 12.6. The summed E-state index contributed by atoms with van der Waals surface area (Å²) in [6, 6.07) is 4.91. The SMILES string of the molecule is CCCOc1cc(F)cc(CCCCCC(=O)CC)c1. The van der Waals surface area contributed by atoms with Crippen LogP contribution in [0.5, 0.6) is 5.75 Å². The number of halogens is 1. The Balaban J connectivity index is 2.35. The van der Waals surface area contributed by atoms with Crippen LogP contribution in [-0.2, 0) is 11.2 Å². The van der Waals surface area contributed by atoms with E-state index in [9.17, 15) is 9.18 Å². The zero-order valence-corrected chi connectivity index (χ0v) is 12.6. The first kappa shape index (κ1) is 16.7. The van der Waals surface area contributed by atoms with E-state index in [0.29, 0.717) is 31.0 Å².